The van der Waals surface area contributed by atoms with Crippen molar-refractivity contribution in [3.05, 3.63) is 11.6 Å². The van der Waals surface area contributed by atoms with Crippen LogP contribution in [-0.2, 0) is 4.74 Å². The van der Waals surface area contributed by atoms with Crippen LogP contribution in [0.2, 0.25) is 0 Å². The van der Waals surface area contributed by atoms with Crippen LogP contribution in [-0.4, -0.2) is 11.7 Å². The maximum Gasteiger partial charge on any atom is 0.0637 e. The topological polar surface area (TPSA) is 9.23 Å². The minimum absolute atomic E-state index is 0.0457. The smallest absolute Gasteiger partial charge is 0.0637 e. The Morgan fingerprint density at radius 3 is 1.95 bits per heavy atom. The number of hydrogen-bond acceptors (Lipinski definition) is 1. The van der Waals surface area contributed by atoms with Gasteiger partial charge in [0.25, 0.3) is 0 Å². The SMILES string of the molecule is C[C@H]1OC(C)(C)CC1C=C1C(C)(C)CCCC1(C)C. The molecule has 1 aliphatic carbocycles. The number of rotatable bonds is 1. The number of allylic oxidation sites excluding steroid dienone is 1. The highest BCUT2D eigenvalue weighted by Crippen LogP contribution is 2.51. The molecule has 0 radical (unpaired) electrons. The summed E-state index contributed by atoms with van der Waals surface area (Å²) in [4.78, 5) is 0. The summed E-state index contributed by atoms with van der Waals surface area (Å²) in [5.41, 5.74) is 2.43. The molecule has 0 amide bonds. The molecule has 19 heavy (non-hydrogen) atoms. The molecule has 0 aromatic rings. The van der Waals surface area contributed by atoms with Crippen molar-refractivity contribution in [2.24, 2.45) is 16.7 Å². The van der Waals surface area contributed by atoms with Crippen molar-refractivity contribution < 1.29 is 4.74 Å². The third-order valence-corrected chi connectivity index (χ3v) is 5.28. The lowest BCUT2D eigenvalue weighted by Gasteiger charge is -2.45. The molecule has 1 nitrogen and oxygen atoms in total. The molecule has 110 valence electrons. The van der Waals surface area contributed by atoms with Gasteiger partial charge in [-0.3, -0.25) is 0 Å². The van der Waals surface area contributed by atoms with Crippen LogP contribution in [0.15, 0.2) is 11.6 Å². The molecule has 0 spiro atoms. The summed E-state index contributed by atoms with van der Waals surface area (Å²) >= 11 is 0. The Balaban J connectivity index is 2.29. The first-order chi connectivity index (χ1) is 8.54. The largest absolute Gasteiger partial charge is 0.372 e. The van der Waals surface area contributed by atoms with E-state index in [9.17, 15) is 0 Å². The molecule has 2 rings (SSSR count). The van der Waals surface area contributed by atoms with Gasteiger partial charge in [-0.25, -0.2) is 0 Å². The zero-order chi connectivity index (χ0) is 14.5. The van der Waals surface area contributed by atoms with Gasteiger partial charge in [0.05, 0.1) is 11.7 Å². The predicted octanol–water partition coefficient (Wildman–Crippen LogP) is 5.35. The fourth-order valence-electron chi connectivity index (χ4n) is 4.39. The van der Waals surface area contributed by atoms with E-state index in [1.54, 1.807) is 5.57 Å². The van der Waals surface area contributed by atoms with Crippen LogP contribution in [0.25, 0.3) is 0 Å². The Labute approximate surface area is 119 Å². The molecular formula is C18H32O. The van der Waals surface area contributed by atoms with E-state index >= 15 is 0 Å². The highest BCUT2D eigenvalue weighted by Gasteiger charge is 2.42. The number of hydrogen-bond donors (Lipinski definition) is 0. The van der Waals surface area contributed by atoms with Crippen molar-refractivity contribution in [2.75, 3.05) is 0 Å². The zero-order valence-electron chi connectivity index (χ0n) is 14.0. The maximum absolute atomic E-state index is 6.09. The van der Waals surface area contributed by atoms with Crippen LogP contribution >= 0.6 is 0 Å². The first-order valence-electron chi connectivity index (χ1n) is 7.94. The summed E-state index contributed by atoms with van der Waals surface area (Å²) in [6.45, 7) is 16.4. The average Bonchev–Trinajstić information content (AvgIpc) is 2.45. The van der Waals surface area contributed by atoms with Crippen LogP contribution in [0, 0.1) is 16.7 Å². The van der Waals surface area contributed by atoms with E-state index in [0.29, 0.717) is 22.9 Å². The van der Waals surface area contributed by atoms with E-state index in [-0.39, 0.29) is 5.60 Å². The minimum Gasteiger partial charge on any atom is -0.372 e. The van der Waals surface area contributed by atoms with Crippen molar-refractivity contribution in [3.63, 3.8) is 0 Å². The van der Waals surface area contributed by atoms with Crippen molar-refractivity contribution in [2.45, 2.75) is 85.9 Å². The minimum atomic E-state index is 0.0457. The van der Waals surface area contributed by atoms with Gasteiger partial charge in [0.1, 0.15) is 0 Å². The zero-order valence-corrected chi connectivity index (χ0v) is 14.0. The van der Waals surface area contributed by atoms with E-state index < -0.39 is 0 Å². The Morgan fingerprint density at radius 1 is 1.00 bits per heavy atom. The second kappa shape index (κ2) is 4.62. The van der Waals surface area contributed by atoms with Gasteiger partial charge in [-0.05, 0) is 50.9 Å². The molecule has 1 saturated heterocycles. The summed E-state index contributed by atoms with van der Waals surface area (Å²) in [6, 6.07) is 0. The Bertz CT molecular complexity index is 355. The Morgan fingerprint density at radius 2 is 1.53 bits per heavy atom. The molecule has 0 aromatic carbocycles. The standard InChI is InChI=1S/C18H32O/c1-13-14(12-18(6,7)19-13)11-15-16(2,3)9-8-10-17(15,4)5/h11,13-14H,8-10,12H2,1-7H3/t13-,14?/m1/s1. The van der Waals surface area contributed by atoms with Crippen LogP contribution in [0.5, 0.6) is 0 Å². The summed E-state index contributed by atoms with van der Waals surface area (Å²) in [6.07, 6.45) is 8.11. The molecule has 1 aliphatic heterocycles. The molecule has 1 heteroatoms. The highest BCUT2D eigenvalue weighted by molar-refractivity contribution is 5.24. The fourth-order valence-corrected chi connectivity index (χ4v) is 4.39. The molecule has 1 heterocycles. The second-order valence-electron chi connectivity index (χ2n) is 8.65. The first kappa shape index (κ1) is 15.1. The quantitative estimate of drug-likeness (QED) is 0.580. The molecular weight excluding hydrogens is 232 g/mol. The van der Waals surface area contributed by atoms with Crippen molar-refractivity contribution in [1.29, 1.82) is 0 Å². The molecule has 0 N–H and O–H groups in total. The van der Waals surface area contributed by atoms with Gasteiger partial charge in [-0.1, -0.05) is 45.8 Å². The third kappa shape index (κ3) is 3.07. The fraction of sp³-hybridized carbons (Fsp3) is 0.889. The molecule has 2 atom stereocenters. The summed E-state index contributed by atoms with van der Waals surface area (Å²) in [5, 5.41) is 0. The Hall–Kier alpha value is -0.300. The van der Waals surface area contributed by atoms with E-state index in [1.165, 1.54) is 19.3 Å². The number of ether oxygens (including phenoxy) is 1. The second-order valence-corrected chi connectivity index (χ2v) is 8.65. The third-order valence-electron chi connectivity index (χ3n) is 5.28. The molecule has 0 bridgehead atoms. The van der Waals surface area contributed by atoms with Crippen LogP contribution in [0.3, 0.4) is 0 Å². The average molecular weight is 264 g/mol. The van der Waals surface area contributed by atoms with E-state index in [4.69, 9.17) is 4.74 Å². The first-order valence-corrected chi connectivity index (χ1v) is 7.94. The summed E-state index contributed by atoms with van der Waals surface area (Å²) in [7, 11) is 0. The lowest BCUT2D eigenvalue weighted by Crippen LogP contribution is -2.33. The van der Waals surface area contributed by atoms with E-state index in [1.807, 2.05) is 0 Å². The van der Waals surface area contributed by atoms with Crippen LogP contribution in [0.4, 0.5) is 0 Å². The van der Waals surface area contributed by atoms with E-state index in [2.05, 4.69) is 54.5 Å². The van der Waals surface area contributed by atoms with Gasteiger partial charge >= 0.3 is 0 Å². The lowest BCUT2D eigenvalue weighted by molar-refractivity contribution is -0.00984. The molecule has 1 unspecified atom stereocenters. The summed E-state index contributed by atoms with van der Waals surface area (Å²) < 4.78 is 6.09. The highest BCUT2D eigenvalue weighted by atomic mass is 16.5. The normalized spacial score (nSPS) is 36.3. The van der Waals surface area contributed by atoms with Gasteiger partial charge in [0, 0.05) is 5.92 Å². The van der Waals surface area contributed by atoms with Gasteiger partial charge < -0.3 is 4.74 Å². The maximum atomic E-state index is 6.09. The van der Waals surface area contributed by atoms with Crippen molar-refractivity contribution in [1.82, 2.24) is 0 Å². The molecule has 2 aliphatic rings. The van der Waals surface area contributed by atoms with E-state index in [0.717, 1.165) is 6.42 Å². The van der Waals surface area contributed by atoms with Crippen LogP contribution in [0.1, 0.15) is 74.1 Å². The summed E-state index contributed by atoms with van der Waals surface area (Å²) in [5.74, 6) is 0.585. The monoisotopic (exact) mass is 264 g/mol. The predicted molar refractivity (Wildman–Crippen MR) is 82.2 cm³/mol. The molecule has 0 aromatic heterocycles. The van der Waals surface area contributed by atoms with Gasteiger partial charge in [0.15, 0.2) is 0 Å². The van der Waals surface area contributed by atoms with Crippen molar-refractivity contribution in [3.8, 4) is 0 Å². The van der Waals surface area contributed by atoms with Crippen molar-refractivity contribution >= 4 is 0 Å². The molecule has 1 saturated carbocycles. The molecule has 2 fully saturated rings. The Kier molecular flexibility index (Phi) is 3.67. The van der Waals surface area contributed by atoms with Gasteiger partial charge in [-0.15, -0.1) is 0 Å². The lowest BCUT2D eigenvalue weighted by atomic mass is 9.60. The van der Waals surface area contributed by atoms with Gasteiger partial charge in [-0.2, -0.15) is 0 Å². The van der Waals surface area contributed by atoms with Crippen LogP contribution < -0.4 is 0 Å². The van der Waals surface area contributed by atoms with Gasteiger partial charge in [0.2, 0.25) is 0 Å².